The topological polar surface area (TPSA) is 75.7 Å². The average Bonchev–Trinajstić information content (AvgIpc) is 2.58. The average molecular weight is 397 g/mol. The first-order chi connectivity index (χ1) is 12.5. The zero-order valence-electron chi connectivity index (χ0n) is 17.0. The Hall–Kier alpha value is -1.60. The molecule has 1 fully saturated rings. The number of carbonyl (C=O) groups is 1. The van der Waals surface area contributed by atoms with Gasteiger partial charge in [0.25, 0.3) is 0 Å². The molecule has 152 valence electrons. The minimum Gasteiger partial charge on any atom is -0.495 e. The third-order valence-corrected chi connectivity index (χ3v) is 6.62. The van der Waals surface area contributed by atoms with E-state index in [1.54, 1.807) is 12.1 Å². The molecule has 0 unspecified atom stereocenters. The fourth-order valence-electron chi connectivity index (χ4n) is 3.49. The van der Waals surface area contributed by atoms with Gasteiger partial charge in [0.2, 0.25) is 15.9 Å². The molecule has 6 nitrogen and oxygen atoms in total. The Labute approximate surface area is 163 Å². The lowest BCUT2D eigenvalue weighted by molar-refractivity contribution is -0.123. The minimum absolute atomic E-state index is 0.124. The van der Waals surface area contributed by atoms with Crippen LogP contribution in [0.25, 0.3) is 0 Å². The van der Waals surface area contributed by atoms with Gasteiger partial charge in [0, 0.05) is 11.6 Å². The molecule has 0 atom stereocenters. The van der Waals surface area contributed by atoms with Gasteiger partial charge in [-0.1, -0.05) is 25.3 Å². The van der Waals surface area contributed by atoms with Crippen molar-refractivity contribution in [2.24, 2.45) is 0 Å². The first-order valence-electron chi connectivity index (χ1n) is 9.52. The molecule has 1 saturated carbocycles. The number of rotatable bonds is 6. The third-order valence-electron chi connectivity index (χ3n) is 4.70. The van der Waals surface area contributed by atoms with Crippen LogP contribution >= 0.6 is 0 Å². The second-order valence-electron chi connectivity index (χ2n) is 8.29. The predicted octanol–water partition coefficient (Wildman–Crippen LogP) is 3.24. The molecule has 0 radical (unpaired) electrons. The zero-order chi connectivity index (χ0) is 20.2. The predicted molar refractivity (Wildman–Crippen MR) is 106 cm³/mol. The molecule has 1 aromatic rings. The van der Waals surface area contributed by atoms with E-state index in [4.69, 9.17) is 4.74 Å². The summed E-state index contributed by atoms with van der Waals surface area (Å²) in [4.78, 5) is 12.7. The van der Waals surface area contributed by atoms with E-state index < -0.39 is 15.6 Å². The maximum Gasteiger partial charge on any atom is 0.247 e. The van der Waals surface area contributed by atoms with Crippen LogP contribution in [0.3, 0.4) is 0 Å². The summed E-state index contributed by atoms with van der Waals surface area (Å²) >= 11 is 0. The Morgan fingerprint density at radius 3 is 2.41 bits per heavy atom. The number of amides is 1. The summed E-state index contributed by atoms with van der Waals surface area (Å²) in [6.07, 6.45) is 4.60. The monoisotopic (exact) mass is 396 g/mol. The highest BCUT2D eigenvalue weighted by Crippen LogP contribution is 2.32. The molecule has 0 bridgehead atoms. The number of benzene rings is 1. The van der Waals surface area contributed by atoms with Crippen LogP contribution in [-0.2, 0) is 14.8 Å². The van der Waals surface area contributed by atoms with E-state index in [9.17, 15) is 13.2 Å². The number of carbonyl (C=O) groups excluding carboxylic acids is 1. The maximum atomic E-state index is 13.5. The number of ether oxygens (including phenoxy) is 1. The van der Waals surface area contributed by atoms with Gasteiger partial charge in [-0.3, -0.25) is 4.79 Å². The van der Waals surface area contributed by atoms with Gasteiger partial charge in [0.05, 0.1) is 13.7 Å². The fraction of sp³-hybridized carbons (Fsp3) is 0.650. The van der Waals surface area contributed by atoms with Crippen molar-refractivity contribution in [2.75, 3.05) is 13.7 Å². The lowest BCUT2D eigenvalue weighted by atomic mass is 9.95. The Kier molecular flexibility index (Phi) is 6.92. The maximum absolute atomic E-state index is 13.5. The van der Waals surface area contributed by atoms with Gasteiger partial charge in [-0.2, -0.15) is 4.31 Å². The highest BCUT2D eigenvalue weighted by atomic mass is 32.2. The molecule has 27 heavy (non-hydrogen) atoms. The first-order valence-corrected chi connectivity index (χ1v) is 11.0. The van der Waals surface area contributed by atoms with Crippen molar-refractivity contribution in [2.45, 2.75) is 76.3 Å². The van der Waals surface area contributed by atoms with Crippen molar-refractivity contribution in [1.29, 1.82) is 0 Å². The van der Waals surface area contributed by atoms with E-state index in [1.165, 1.54) is 11.4 Å². The molecule has 0 spiro atoms. The molecule has 1 aliphatic carbocycles. The Balaban J connectivity index is 2.42. The van der Waals surface area contributed by atoms with Crippen molar-refractivity contribution in [1.82, 2.24) is 9.62 Å². The summed E-state index contributed by atoms with van der Waals surface area (Å²) in [5.41, 5.74) is 0.414. The summed E-state index contributed by atoms with van der Waals surface area (Å²) in [5.74, 6) is 0.0147. The number of sulfonamides is 1. The van der Waals surface area contributed by atoms with Crippen molar-refractivity contribution in [3.63, 3.8) is 0 Å². The quantitative estimate of drug-likeness (QED) is 0.801. The van der Waals surface area contributed by atoms with Crippen LogP contribution in [0.15, 0.2) is 23.1 Å². The normalized spacial score (nSPS) is 16.4. The summed E-state index contributed by atoms with van der Waals surface area (Å²) in [5, 5.41) is 2.88. The first kappa shape index (κ1) is 21.7. The summed E-state index contributed by atoms with van der Waals surface area (Å²) in [6.45, 7) is 7.31. The number of nitrogens with zero attached hydrogens (tertiary/aromatic N) is 1. The minimum atomic E-state index is -3.87. The Morgan fingerprint density at radius 1 is 1.22 bits per heavy atom. The number of hydrogen-bond donors (Lipinski definition) is 1. The Bertz CT molecular complexity index is 763. The van der Waals surface area contributed by atoms with Crippen molar-refractivity contribution in [3.8, 4) is 5.75 Å². The third kappa shape index (κ3) is 5.69. The lowest BCUT2D eigenvalue weighted by Gasteiger charge is -2.34. The molecule has 0 saturated heterocycles. The molecule has 1 N–H and O–H groups in total. The van der Waals surface area contributed by atoms with Crippen LogP contribution in [0.4, 0.5) is 0 Å². The molecule has 0 aromatic heterocycles. The number of hydrogen-bond acceptors (Lipinski definition) is 4. The second kappa shape index (κ2) is 8.61. The van der Waals surface area contributed by atoms with Crippen LogP contribution in [0.5, 0.6) is 5.75 Å². The van der Waals surface area contributed by atoms with Gasteiger partial charge in [-0.05, 0) is 58.2 Å². The van der Waals surface area contributed by atoms with E-state index in [0.717, 1.165) is 37.7 Å². The van der Waals surface area contributed by atoms with E-state index in [2.05, 4.69) is 5.32 Å². The van der Waals surface area contributed by atoms with Crippen molar-refractivity contribution < 1.29 is 17.9 Å². The van der Waals surface area contributed by atoms with Gasteiger partial charge in [-0.15, -0.1) is 0 Å². The summed E-state index contributed by atoms with van der Waals surface area (Å²) in [6, 6.07) is 4.93. The van der Waals surface area contributed by atoms with Gasteiger partial charge in [0.1, 0.15) is 10.6 Å². The van der Waals surface area contributed by atoms with Gasteiger partial charge < -0.3 is 10.1 Å². The second-order valence-corrected chi connectivity index (χ2v) is 10.2. The van der Waals surface area contributed by atoms with Crippen LogP contribution in [0.1, 0.15) is 58.4 Å². The van der Waals surface area contributed by atoms with Gasteiger partial charge in [0.15, 0.2) is 0 Å². The standard InChI is InChI=1S/C20H32N2O4S/c1-15-11-12-17(26-5)18(13-15)27(24,25)22(16-9-7-6-8-10-16)14-19(23)21-20(2,3)4/h11-13,16H,6-10,14H2,1-5H3,(H,21,23). The van der Waals surface area contributed by atoms with Crippen LogP contribution in [-0.4, -0.2) is 43.9 Å². The van der Waals surface area contributed by atoms with E-state index in [1.807, 2.05) is 33.8 Å². The highest BCUT2D eigenvalue weighted by molar-refractivity contribution is 7.89. The Morgan fingerprint density at radius 2 is 1.85 bits per heavy atom. The zero-order valence-corrected chi connectivity index (χ0v) is 17.9. The molecular formula is C20H32N2O4S. The molecule has 1 aliphatic rings. The molecule has 0 aliphatic heterocycles. The number of methoxy groups -OCH3 is 1. The molecule has 2 rings (SSSR count). The smallest absolute Gasteiger partial charge is 0.247 e. The largest absolute Gasteiger partial charge is 0.495 e. The molecule has 1 aromatic carbocycles. The van der Waals surface area contributed by atoms with Crippen LogP contribution in [0, 0.1) is 6.92 Å². The lowest BCUT2D eigenvalue weighted by Crippen LogP contribution is -2.50. The van der Waals surface area contributed by atoms with Crippen LogP contribution < -0.4 is 10.1 Å². The van der Waals surface area contributed by atoms with Crippen LogP contribution in [0.2, 0.25) is 0 Å². The molecular weight excluding hydrogens is 364 g/mol. The molecule has 1 amide bonds. The van der Waals surface area contributed by atoms with E-state index in [0.29, 0.717) is 5.75 Å². The SMILES string of the molecule is COc1ccc(C)cc1S(=O)(=O)N(CC(=O)NC(C)(C)C)C1CCCCC1. The number of aryl methyl sites for hydroxylation is 1. The van der Waals surface area contributed by atoms with E-state index >= 15 is 0 Å². The molecule has 0 heterocycles. The van der Waals surface area contributed by atoms with E-state index in [-0.39, 0.29) is 23.4 Å². The van der Waals surface area contributed by atoms with Crippen molar-refractivity contribution in [3.05, 3.63) is 23.8 Å². The van der Waals surface area contributed by atoms with Gasteiger partial charge >= 0.3 is 0 Å². The van der Waals surface area contributed by atoms with Gasteiger partial charge in [-0.25, -0.2) is 8.42 Å². The summed E-state index contributed by atoms with van der Waals surface area (Å²) < 4.78 is 33.7. The summed E-state index contributed by atoms with van der Waals surface area (Å²) in [7, 11) is -2.41. The fourth-order valence-corrected chi connectivity index (χ4v) is 5.37. The highest BCUT2D eigenvalue weighted by Gasteiger charge is 2.36. The van der Waals surface area contributed by atoms with Crippen molar-refractivity contribution >= 4 is 15.9 Å². The molecule has 7 heteroatoms. The number of nitrogens with one attached hydrogen (secondary N) is 1.